The minimum absolute atomic E-state index is 0.296. The van der Waals surface area contributed by atoms with Gasteiger partial charge in [-0.3, -0.25) is 0 Å². The predicted molar refractivity (Wildman–Crippen MR) is 45.2 cm³/mol. The number of halogens is 2. The third-order valence-electron chi connectivity index (χ3n) is 0.789. The lowest BCUT2D eigenvalue weighted by molar-refractivity contribution is -0.511. The zero-order valence-electron chi connectivity index (χ0n) is 6.63. The van der Waals surface area contributed by atoms with Crippen LogP contribution in [-0.2, 0) is 19.6 Å². The fourth-order valence-electron chi connectivity index (χ4n) is 0.383. The van der Waals surface area contributed by atoms with E-state index in [1.54, 1.807) is 0 Å². The minimum Gasteiger partial charge on any atom is -0.378 e. The van der Waals surface area contributed by atoms with Crippen LogP contribution in [0.2, 0.25) is 0 Å². The Labute approximate surface area is 81.5 Å². The molecule has 0 saturated heterocycles. The van der Waals surface area contributed by atoms with Crippen LogP contribution >= 0.6 is 23.2 Å². The van der Waals surface area contributed by atoms with Crippen LogP contribution in [0.25, 0.3) is 0 Å². The Kier molecular flexibility index (Phi) is 11.8. The van der Waals surface area contributed by atoms with E-state index in [-0.39, 0.29) is 0 Å². The lowest BCUT2D eigenvalue weighted by atomic mass is 10.7. The van der Waals surface area contributed by atoms with Crippen molar-refractivity contribution in [1.82, 2.24) is 0 Å². The van der Waals surface area contributed by atoms with Crippen LogP contribution < -0.4 is 0 Å². The van der Waals surface area contributed by atoms with Gasteiger partial charge in [-0.1, -0.05) is 5.04 Å². The second kappa shape index (κ2) is 11.4. The molecule has 0 amide bonds. The van der Waals surface area contributed by atoms with Crippen LogP contribution in [0.15, 0.2) is 0 Å². The molecule has 0 heterocycles. The van der Waals surface area contributed by atoms with Crippen LogP contribution in [0.1, 0.15) is 0 Å². The first-order valence-corrected chi connectivity index (χ1v) is 4.59. The van der Waals surface area contributed by atoms with E-state index in [0.29, 0.717) is 38.2 Å². The largest absolute Gasteiger partial charge is 0.378 e. The smallest absolute Gasteiger partial charge is 0.109 e. The number of hydrogen-bond donors (Lipinski definition) is 0. The molecule has 12 heavy (non-hydrogen) atoms. The van der Waals surface area contributed by atoms with Gasteiger partial charge in [-0.2, -0.15) is 0 Å². The monoisotopic (exact) mass is 218 g/mol. The van der Waals surface area contributed by atoms with Gasteiger partial charge in [0.25, 0.3) is 0 Å². The van der Waals surface area contributed by atoms with Gasteiger partial charge in [-0.05, 0) is 0 Å². The Balaban J connectivity index is 2.73. The van der Waals surface area contributed by atoms with Crippen molar-refractivity contribution in [3.63, 3.8) is 0 Å². The van der Waals surface area contributed by atoms with Crippen molar-refractivity contribution in [2.75, 3.05) is 38.2 Å². The third-order valence-corrected chi connectivity index (χ3v) is 1.10. The van der Waals surface area contributed by atoms with E-state index in [4.69, 9.17) is 27.9 Å². The second-order valence-corrected chi connectivity index (χ2v) is 2.46. The summed E-state index contributed by atoms with van der Waals surface area (Å²) >= 11 is 10.6. The van der Waals surface area contributed by atoms with E-state index in [1.165, 1.54) is 0 Å². The maximum absolute atomic E-state index is 5.35. The van der Waals surface area contributed by atoms with Crippen molar-refractivity contribution >= 4 is 23.2 Å². The third kappa shape index (κ3) is 10.4. The van der Waals surface area contributed by atoms with Gasteiger partial charge in [0, 0.05) is 11.8 Å². The lowest BCUT2D eigenvalue weighted by Crippen LogP contribution is -2.07. The molecule has 0 aliphatic carbocycles. The summed E-state index contributed by atoms with van der Waals surface area (Å²) in [5, 5.41) is 4.26. The Morgan fingerprint density at radius 2 is 1.42 bits per heavy atom. The Morgan fingerprint density at radius 3 is 2.08 bits per heavy atom. The van der Waals surface area contributed by atoms with Crippen molar-refractivity contribution in [1.29, 1.82) is 0 Å². The van der Waals surface area contributed by atoms with Gasteiger partial charge < -0.3 is 4.74 Å². The molecule has 0 N–H and O–H groups in total. The molecule has 0 aromatic heterocycles. The van der Waals surface area contributed by atoms with E-state index in [2.05, 4.69) is 14.8 Å². The molecule has 0 bridgehead atoms. The van der Waals surface area contributed by atoms with E-state index in [0.717, 1.165) is 0 Å². The number of ether oxygens (including phenoxy) is 1. The Hall–Kier alpha value is 0.420. The summed E-state index contributed by atoms with van der Waals surface area (Å²) in [5.41, 5.74) is 0. The average Bonchev–Trinajstić information content (AvgIpc) is 2.10. The zero-order chi connectivity index (χ0) is 9.07. The summed E-state index contributed by atoms with van der Waals surface area (Å²) in [4.78, 5) is 8.99. The van der Waals surface area contributed by atoms with Crippen molar-refractivity contribution in [2.45, 2.75) is 0 Å². The summed E-state index contributed by atoms with van der Waals surface area (Å²) in [6.45, 7) is 1.54. The molecular formula is C6H12Cl2O4. The predicted octanol–water partition coefficient (Wildman–Crippen LogP) is 1.36. The molecule has 0 atom stereocenters. The number of rotatable bonds is 9. The molecule has 0 aromatic carbocycles. The highest BCUT2D eigenvalue weighted by Crippen LogP contribution is 1.85. The SMILES string of the molecule is ClCCOCCOOOCCCl. The van der Waals surface area contributed by atoms with Crippen molar-refractivity contribution in [2.24, 2.45) is 0 Å². The van der Waals surface area contributed by atoms with Crippen LogP contribution in [0.4, 0.5) is 0 Å². The second-order valence-electron chi connectivity index (χ2n) is 1.70. The summed E-state index contributed by atoms with van der Waals surface area (Å²) < 4.78 is 4.97. The molecule has 0 rings (SSSR count). The van der Waals surface area contributed by atoms with Gasteiger partial charge in [0.15, 0.2) is 0 Å². The number of alkyl halides is 2. The van der Waals surface area contributed by atoms with Gasteiger partial charge >= 0.3 is 0 Å². The van der Waals surface area contributed by atoms with Crippen molar-refractivity contribution < 1.29 is 19.6 Å². The molecule has 6 heteroatoms. The zero-order valence-corrected chi connectivity index (χ0v) is 8.14. The minimum atomic E-state index is 0.296. The first-order valence-electron chi connectivity index (χ1n) is 3.52. The van der Waals surface area contributed by atoms with Crippen molar-refractivity contribution in [3.8, 4) is 0 Å². The molecule has 4 nitrogen and oxygen atoms in total. The van der Waals surface area contributed by atoms with Gasteiger partial charge in [-0.25, -0.2) is 9.78 Å². The van der Waals surface area contributed by atoms with E-state index < -0.39 is 0 Å². The molecule has 0 fully saturated rings. The van der Waals surface area contributed by atoms with Gasteiger partial charge in [0.05, 0.1) is 19.8 Å². The summed E-state index contributed by atoms with van der Waals surface area (Å²) in [7, 11) is 0. The highest BCUT2D eigenvalue weighted by Gasteiger charge is 1.90. The molecule has 74 valence electrons. The van der Waals surface area contributed by atoms with E-state index in [1.807, 2.05) is 0 Å². The van der Waals surface area contributed by atoms with Gasteiger partial charge in [0.1, 0.15) is 6.61 Å². The maximum atomic E-state index is 5.35. The standard InChI is InChI=1S/C6H12Cl2O4/c7-1-3-9-5-6-11-12-10-4-2-8/h1-6H2. The molecule has 0 aromatic rings. The van der Waals surface area contributed by atoms with Crippen LogP contribution in [0, 0.1) is 0 Å². The fraction of sp³-hybridized carbons (Fsp3) is 1.00. The van der Waals surface area contributed by atoms with Crippen LogP contribution in [0.3, 0.4) is 0 Å². The van der Waals surface area contributed by atoms with Gasteiger partial charge in [0.2, 0.25) is 0 Å². The first kappa shape index (κ1) is 12.4. The van der Waals surface area contributed by atoms with E-state index in [9.17, 15) is 0 Å². The summed E-state index contributed by atoms with van der Waals surface area (Å²) in [6, 6.07) is 0. The van der Waals surface area contributed by atoms with E-state index >= 15 is 0 Å². The fourth-order valence-corrected chi connectivity index (χ4v) is 0.555. The lowest BCUT2D eigenvalue weighted by Gasteiger charge is -2.02. The molecule has 0 spiro atoms. The topological polar surface area (TPSA) is 36.9 Å². The molecular weight excluding hydrogens is 207 g/mol. The summed E-state index contributed by atoms with van der Waals surface area (Å²) in [5.74, 6) is 0.843. The molecule has 0 radical (unpaired) electrons. The molecule has 0 aliphatic heterocycles. The normalized spacial score (nSPS) is 10.5. The summed E-state index contributed by atoms with van der Waals surface area (Å²) in [6.07, 6.45) is 0. The van der Waals surface area contributed by atoms with Crippen LogP contribution in [0.5, 0.6) is 0 Å². The number of hydrogen-bond acceptors (Lipinski definition) is 4. The van der Waals surface area contributed by atoms with Crippen LogP contribution in [-0.4, -0.2) is 38.2 Å². The molecule has 0 saturated carbocycles. The maximum Gasteiger partial charge on any atom is 0.109 e. The average molecular weight is 219 g/mol. The first-order chi connectivity index (χ1) is 5.91. The Bertz CT molecular complexity index is 73.9. The quantitative estimate of drug-likeness (QED) is 0.254. The Morgan fingerprint density at radius 1 is 0.750 bits per heavy atom. The highest BCUT2D eigenvalue weighted by molar-refractivity contribution is 6.18. The molecule has 0 unspecified atom stereocenters. The van der Waals surface area contributed by atoms with Gasteiger partial charge in [-0.15, -0.1) is 23.2 Å². The highest BCUT2D eigenvalue weighted by atomic mass is 35.5. The van der Waals surface area contributed by atoms with Crippen molar-refractivity contribution in [3.05, 3.63) is 0 Å². The molecule has 0 aliphatic rings.